The first-order valence-corrected chi connectivity index (χ1v) is 12.1. The van der Waals surface area contributed by atoms with E-state index in [1.807, 2.05) is 17.9 Å². The van der Waals surface area contributed by atoms with Crippen molar-refractivity contribution in [3.63, 3.8) is 0 Å². The molecule has 2 aromatic rings. The molecule has 4 rings (SSSR count). The largest absolute Gasteiger partial charge is 0.383 e. The minimum Gasteiger partial charge on any atom is -0.383 e. The number of amides is 1. The maximum absolute atomic E-state index is 12.9. The number of aromatic nitrogens is 3. The third-order valence-corrected chi connectivity index (χ3v) is 6.84. The topological polar surface area (TPSA) is 75.8 Å². The molecule has 0 aliphatic carbocycles. The van der Waals surface area contributed by atoms with Gasteiger partial charge in [-0.25, -0.2) is 9.48 Å². The number of anilines is 1. The number of hydrogen-bond donors (Lipinski definition) is 0. The molecule has 9 nitrogen and oxygen atoms in total. The molecule has 2 aliphatic rings. The van der Waals surface area contributed by atoms with Crippen molar-refractivity contribution < 1.29 is 9.53 Å². The molecule has 9 heteroatoms. The quantitative estimate of drug-likeness (QED) is 0.595. The maximum atomic E-state index is 12.9. The average molecular weight is 457 g/mol. The van der Waals surface area contributed by atoms with Crippen LogP contribution in [0.2, 0.25) is 0 Å². The van der Waals surface area contributed by atoms with Crippen LogP contribution in [0.25, 0.3) is 0 Å². The van der Waals surface area contributed by atoms with E-state index in [9.17, 15) is 9.59 Å². The predicted octanol–water partition coefficient (Wildman–Crippen LogP) is 1.24. The summed E-state index contributed by atoms with van der Waals surface area (Å²) in [5.41, 5.74) is 1.17. The number of carbonyl (C=O) groups excluding carboxylic acids is 1. The standard InChI is InChI=1S/C24H36N6O3/c1-3-29-23(25-30(24(29)32)17-18-33-2)20-9-11-26(12-10-20)19-22(31)28-15-13-27(14-16-28)21-7-5-4-6-8-21/h4-8,20H,3,9-19H2,1-2H3. The highest BCUT2D eigenvalue weighted by atomic mass is 16.5. The normalized spacial score (nSPS) is 18.1. The average Bonchev–Trinajstić information content (AvgIpc) is 3.18. The van der Waals surface area contributed by atoms with Gasteiger partial charge in [0.2, 0.25) is 5.91 Å². The number of likely N-dealkylation sites (tertiary alicyclic amines) is 1. The fraction of sp³-hybridized carbons (Fsp3) is 0.625. The molecule has 3 heterocycles. The zero-order chi connectivity index (χ0) is 23.2. The molecule has 2 aliphatic heterocycles. The predicted molar refractivity (Wildman–Crippen MR) is 128 cm³/mol. The van der Waals surface area contributed by atoms with Crippen LogP contribution >= 0.6 is 0 Å². The number of hydrogen-bond acceptors (Lipinski definition) is 6. The Hall–Kier alpha value is -2.65. The van der Waals surface area contributed by atoms with Crippen LogP contribution in [0.4, 0.5) is 5.69 Å². The zero-order valence-corrected chi connectivity index (χ0v) is 19.9. The number of carbonyl (C=O) groups is 1. The van der Waals surface area contributed by atoms with E-state index < -0.39 is 0 Å². The number of rotatable bonds is 8. The minimum absolute atomic E-state index is 0.0585. The third kappa shape index (κ3) is 5.47. The lowest BCUT2D eigenvalue weighted by molar-refractivity contribution is -0.133. The number of nitrogens with zero attached hydrogens (tertiary/aromatic N) is 6. The fourth-order valence-electron chi connectivity index (χ4n) is 4.87. The smallest absolute Gasteiger partial charge is 0.345 e. The van der Waals surface area contributed by atoms with E-state index in [0.29, 0.717) is 26.2 Å². The molecule has 1 aromatic heterocycles. The highest BCUT2D eigenvalue weighted by Gasteiger charge is 2.29. The first kappa shape index (κ1) is 23.5. The van der Waals surface area contributed by atoms with E-state index in [1.165, 1.54) is 10.4 Å². The Morgan fingerprint density at radius 2 is 1.76 bits per heavy atom. The summed E-state index contributed by atoms with van der Waals surface area (Å²) in [7, 11) is 1.63. The molecule has 2 fully saturated rings. The molecule has 0 radical (unpaired) electrons. The fourth-order valence-corrected chi connectivity index (χ4v) is 4.87. The van der Waals surface area contributed by atoms with E-state index in [2.05, 4.69) is 39.2 Å². The number of para-hydroxylation sites is 1. The lowest BCUT2D eigenvalue weighted by atomic mass is 9.96. The molecule has 0 saturated carbocycles. The molecule has 0 unspecified atom stereocenters. The van der Waals surface area contributed by atoms with Crippen molar-refractivity contribution in [3.05, 3.63) is 46.6 Å². The Kier molecular flexibility index (Phi) is 7.82. The Morgan fingerprint density at radius 1 is 1.06 bits per heavy atom. The molecule has 0 atom stereocenters. The first-order chi connectivity index (χ1) is 16.1. The lowest BCUT2D eigenvalue weighted by Gasteiger charge is -2.38. The molecule has 0 spiro atoms. The monoisotopic (exact) mass is 456 g/mol. The Balaban J connectivity index is 1.27. The van der Waals surface area contributed by atoms with Gasteiger partial charge >= 0.3 is 5.69 Å². The van der Waals surface area contributed by atoms with Gasteiger partial charge in [-0.05, 0) is 45.0 Å². The Labute approximate surface area is 195 Å². The molecule has 0 N–H and O–H groups in total. The van der Waals surface area contributed by atoms with E-state index in [1.54, 1.807) is 11.7 Å². The second-order valence-corrected chi connectivity index (χ2v) is 8.85. The molecule has 33 heavy (non-hydrogen) atoms. The van der Waals surface area contributed by atoms with Gasteiger partial charge < -0.3 is 14.5 Å². The highest BCUT2D eigenvalue weighted by Crippen LogP contribution is 2.26. The van der Waals surface area contributed by atoms with Crippen molar-refractivity contribution in [1.29, 1.82) is 0 Å². The highest BCUT2D eigenvalue weighted by molar-refractivity contribution is 5.78. The van der Waals surface area contributed by atoms with Gasteiger partial charge in [-0.2, -0.15) is 5.10 Å². The van der Waals surface area contributed by atoms with Crippen LogP contribution in [-0.2, 0) is 22.6 Å². The number of ether oxygens (including phenoxy) is 1. The van der Waals surface area contributed by atoms with Gasteiger partial charge in [0.15, 0.2) is 0 Å². The minimum atomic E-state index is -0.0585. The van der Waals surface area contributed by atoms with Crippen molar-refractivity contribution in [2.45, 2.75) is 38.8 Å². The van der Waals surface area contributed by atoms with Crippen LogP contribution in [0.5, 0.6) is 0 Å². The second-order valence-electron chi connectivity index (χ2n) is 8.85. The van der Waals surface area contributed by atoms with Gasteiger partial charge in [-0.15, -0.1) is 0 Å². The maximum Gasteiger partial charge on any atom is 0.345 e. The van der Waals surface area contributed by atoms with Crippen LogP contribution in [0.15, 0.2) is 35.1 Å². The van der Waals surface area contributed by atoms with Gasteiger partial charge in [-0.3, -0.25) is 14.3 Å². The summed E-state index contributed by atoms with van der Waals surface area (Å²) in [4.78, 5) is 32.1. The summed E-state index contributed by atoms with van der Waals surface area (Å²) < 4.78 is 8.41. The summed E-state index contributed by atoms with van der Waals surface area (Å²) >= 11 is 0. The first-order valence-electron chi connectivity index (χ1n) is 12.1. The van der Waals surface area contributed by atoms with Gasteiger partial charge in [-0.1, -0.05) is 18.2 Å². The van der Waals surface area contributed by atoms with E-state index in [-0.39, 0.29) is 17.5 Å². The molecule has 180 valence electrons. The van der Waals surface area contributed by atoms with Crippen molar-refractivity contribution in [1.82, 2.24) is 24.1 Å². The number of benzene rings is 1. The van der Waals surface area contributed by atoms with Crippen molar-refractivity contribution in [2.75, 3.05) is 64.4 Å². The summed E-state index contributed by atoms with van der Waals surface area (Å²) in [5, 5.41) is 4.62. The van der Waals surface area contributed by atoms with Crippen LogP contribution in [0.1, 0.15) is 31.5 Å². The van der Waals surface area contributed by atoms with Crippen LogP contribution in [0, 0.1) is 0 Å². The number of piperidine rings is 1. The molecular formula is C24H36N6O3. The zero-order valence-electron chi connectivity index (χ0n) is 19.9. The molecule has 2 saturated heterocycles. The summed E-state index contributed by atoms with van der Waals surface area (Å²) in [6.45, 7) is 9.01. The van der Waals surface area contributed by atoms with Crippen LogP contribution in [-0.4, -0.2) is 89.6 Å². The number of methoxy groups -OCH3 is 1. The summed E-state index contributed by atoms with van der Waals surface area (Å²) in [5.74, 6) is 1.35. The van der Waals surface area contributed by atoms with Gasteiger partial charge in [0, 0.05) is 51.4 Å². The van der Waals surface area contributed by atoms with Crippen molar-refractivity contribution in [3.8, 4) is 0 Å². The van der Waals surface area contributed by atoms with E-state index in [0.717, 1.165) is 57.9 Å². The molecule has 0 bridgehead atoms. The van der Waals surface area contributed by atoms with Crippen LogP contribution < -0.4 is 10.6 Å². The molecular weight excluding hydrogens is 420 g/mol. The van der Waals surface area contributed by atoms with Crippen molar-refractivity contribution in [2.24, 2.45) is 0 Å². The SMILES string of the molecule is CCn1c(C2CCN(CC(=O)N3CCN(c4ccccc4)CC3)CC2)nn(CCOC)c1=O. The summed E-state index contributed by atoms with van der Waals surface area (Å²) in [6, 6.07) is 10.4. The Bertz CT molecular complexity index is 956. The van der Waals surface area contributed by atoms with Gasteiger partial charge in [0.05, 0.1) is 19.7 Å². The van der Waals surface area contributed by atoms with Crippen LogP contribution in [0.3, 0.4) is 0 Å². The van der Waals surface area contributed by atoms with Crippen molar-refractivity contribution >= 4 is 11.6 Å². The molecule has 1 aromatic carbocycles. The van der Waals surface area contributed by atoms with Gasteiger partial charge in [0.1, 0.15) is 5.82 Å². The van der Waals surface area contributed by atoms with E-state index in [4.69, 9.17) is 4.74 Å². The van der Waals surface area contributed by atoms with E-state index >= 15 is 0 Å². The molecule has 1 amide bonds. The van der Waals surface area contributed by atoms with Gasteiger partial charge in [0.25, 0.3) is 0 Å². The Morgan fingerprint density at radius 3 is 2.39 bits per heavy atom. The lowest BCUT2D eigenvalue weighted by Crippen LogP contribution is -2.52. The second kappa shape index (κ2) is 11.0. The third-order valence-electron chi connectivity index (χ3n) is 6.84. The summed E-state index contributed by atoms with van der Waals surface area (Å²) in [6.07, 6.45) is 1.82. The number of piperazine rings is 1.